The molecule has 1 spiro atoms. The minimum Gasteiger partial charge on any atom is -0.381 e. The Morgan fingerprint density at radius 2 is 2.04 bits per heavy atom. The standard InChI is InChI=1S/C19H35N3O3/c1-3-24-17-14-16(19(17)8-4-9-19)22-18(20-2)21-10-5-11-25-15-6-12-23-13-7-15/h15-17H,3-14H2,1-2H3,(H2,20,21,22). The summed E-state index contributed by atoms with van der Waals surface area (Å²) in [5, 5.41) is 7.06. The topological polar surface area (TPSA) is 64.1 Å². The Labute approximate surface area is 152 Å². The molecule has 3 rings (SSSR count). The Morgan fingerprint density at radius 1 is 1.24 bits per heavy atom. The van der Waals surface area contributed by atoms with Crippen LogP contribution in [-0.2, 0) is 14.2 Å². The number of hydrogen-bond donors (Lipinski definition) is 2. The van der Waals surface area contributed by atoms with Gasteiger partial charge in [-0.25, -0.2) is 0 Å². The van der Waals surface area contributed by atoms with Crippen molar-refractivity contribution in [3.8, 4) is 0 Å². The van der Waals surface area contributed by atoms with Gasteiger partial charge in [0.15, 0.2) is 5.96 Å². The Hall–Kier alpha value is -0.850. The zero-order valence-corrected chi connectivity index (χ0v) is 15.9. The van der Waals surface area contributed by atoms with Gasteiger partial charge in [-0.05, 0) is 45.4 Å². The van der Waals surface area contributed by atoms with Gasteiger partial charge in [0, 0.05) is 51.5 Å². The lowest BCUT2D eigenvalue weighted by atomic mass is 9.51. The van der Waals surface area contributed by atoms with E-state index in [0.29, 0.717) is 23.7 Å². The van der Waals surface area contributed by atoms with Gasteiger partial charge in [0.05, 0.1) is 12.2 Å². The summed E-state index contributed by atoms with van der Waals surface area (Å²) < 4.78 is 17.2. The number of hydrogen-bond acceptors (Lipinski definition) is 4. The molecular weight excluding hydrogens is 318 g/mol. The van der Waals surface area contributed by atoms with Gasteiger partial charge in [0.1, 0.15) is 0 Å². The molecule has 0 bridgehead atoms. The zero-order chi connectivity index (χ0) is 17.5. The van der Waals surface area contributed by atoms with E-state index in [1.54, 1.807) is 0 Å². The average molecular weight is 354 g/mol. The summed E-state index contributed by atoms with van der Waals surface area (Å²) in [6.45, 7) is 6.28. The molecule has 0 radical (unpaired) electrons. The van der Waals surface area contributed by atoms with Gasteiger partial charge in [-0.2, -0.15) is 0 Å². The molecule has 1 aliphatic heterocycles. The molecule has 25 heavy (non-hydrogen) atoms. The van der Waals surface area contributed by atoms with Gasteiger partial charge in [-0.3, -0.25) is 4.99 Å². The second-order valence-electron chi connectivity index (χ2n) is 7.50. The third-order valence-electron chi connectivity index (χ3n) is 6.11. The molecule has 2 atom stereocenters. The van der Waals surface area contributed by atoms with Gasteiger partial charge in [-0.15, -0.1) is 0 Å². The lowest BCUT2D eigenvalue weighted by molar-refractivity contribution is -0.168. The van der Waals surface area contributed by atoms with Crippen molar-refractivity contribution in [3.05, 3.63) is 0 Å². The molecule has 0 amide bonds. The van der Waals surface area contributed by atoms with Crippen LogP contribution in [0.3, 0.4) is 0 Å². The zero-order valence-electron chi connectivity index (χ0n) is 15.9. The molecule has 144 valence electrons. The molecule has 6 heteroatoms. The van der Waals surface area contributed by atoms with Crippen molar-refractivity contribution < 1.29 is 14.2 Å². The highest BCUT2D eigenvalue weighted by Gasteiger charge is 2.59. The van der Waals surface area contributed by atoms with Gasteiger partial charge in [0.25, 0.3) is 0 Å². The highest BCUT2D eigenvalue weighted by atomic mass is 16.5. The summed E-state index contributed by atoms with van der Waals surface area (Å²) in [6.07, 6.45) is 8.87. The van der Waals surface area contributed by atoms with Crippen LogP contribution in [0.25, 0.3) is 0 Å². The van der Waals surface area contributed by atoms with Crippen molar-refractivity contribution >= 4 is 5.96 Å². The van der Waals surface area contributed by atoms with Crippen LogP contribution in [0.1, 0.15) is 51.9 Å². The Morgan fingerprint density at radius 3 is 2.68 bits per heavy atom. The molecule has 2 aliphatic carbocycles. The van der Waals surface area contributed by atoms with Crippen LogP contribution in [0.15, 0.2) is 4.99 Å². The summed E-state index contributed by atoms with van der Waals surface area (Å²) in [5.74, 6) is 0.914. The van der Waals surface area contributed by atoms with E-state index in [1.807, 2.05) is 7.05 Å². The number of guanidine groups is 1. The predicted octanol–water partition coefficient (Wildman–Crippen LogP) is 2.08. The van der Waals surface area contributed by atoms with Crippen LogP contribution >= 0.6 is 0 Å². The molecule has 1 saturated heterocycles. The predicted molar refractivity (Wildman–Crippen MR) is 99.0 cm³/mol. The highest BCUT2D eigenvalue weighted by molar-refractivity contribution is 5.80. The van der Waals surface area contributed by atoms with Crippen molar-refractivity contribution in [2.24, 2.45) is 10.4 Å². The third kappa shape index (κ3) is 4.47. The maximum Gasteiger partial charge on any atom is 0.191 e. The van der Waals surface area contributed by atoms with E-state index in [0.717, 1.165) is 64.6 Å². The summed E-state index contributed by atoms with van der Waals surface area (Å²) in [4.78, 5) is 4.39. The average Bonchev–Trinajstić information content (AvgIpc) is 2.58. The fourth-order valence-electron chi connectivity index (χ4n) is 4.37. The van der Waals surface area contributed by atoms with E-state index in [4.69, 9.17) is 14.2 Å². The first kappa shape index (κ1) is 18.9. The van der Waals surface area contributed by atoms with Crippen molar-refractivity contribution in [1.29, 1.82) is 0 Å². The molecule has 6 nitrogen and oxygen atoms in total. The molecule has 1 heterocycles. The normalized spacial score (nSPS) is 29.1. The maximum atomic E-state index is 5.93. The monoisotopic (exact) mass is 353 g/mol. The Kier molecular flexibility index (Phi) is 6.96. The fraction of sp³-hybridized carbons (Fsp3) is 0.947. The number of nitrogens with zero attached hydrogens (tertiary/aromatic N) is 1. The van der Waals surface area contributed by atoms with E-state index in [2.05, 4.69) is 22.5 Å². The van der Waals surface area contributed by atoms with Crippen molar-refractivity contribution in [2.75, 3.05) is 40.0 Å². The minimum atomic E-state index is 0.361. The van der Waals surface area contributed by atoms with Crippen molar-refractivity contribution in [3.63, 3.8) is 0 Å². The molecule has 2 saturated carbocycles. The van der Waals surface area contributed by atoms with E-state index in [1.165, 1.54) is 19.3 Å². The molecule has 0 aromatic heterocycles. The quantitative estimate of drug-likeness (QED) is 0.397. The van der Waals surface area contributed by atoms with E-state index in [-0.39, 0.29) is 0 Å². The first-order valence-electron chi connectivity index (χ1n) is 10.1. The van der Waals surface area contributed by atoms with Crippen LogP contribution in [0.4, 0.5) is 0 Å². The number of rotatable bonds is 8. The number of ether oxygens (including phenoxy) is 3. The van der Waals surface area contributed by atoms with Crippen molar-refractivity contribution in [2.45, 2.75) is 70.1 Å². The molecule has 2 unspecified atom stereocenters. The molecule has 0 aromatic rings. The summed E-state index contributed by atoms with van der Waals surface area (Å²) in [6, 6.07) is 0.502. The molecule has 0 aromatic carbocycles. The fourth-order valence-corrected chi connectivity index (χ4v) is 4.37. The van der Waals surface area contributed by atoms with Crippen LogP contribution < -0.4 is 10.6 Å². The van der Waals surface area contributed by atoms with Crippen LogP contribution in [0, 0.1) is 5.41 Å². The lowest BCUT2D eigenvalue weighted by Crippen LogP contribution is -2.68. The smallest absolute Gasteiger partial charge is 0.191 e. The van der Waals surface area contributed by atoms with Gasteiger partial charge < -0.3 is 24.8 Å². The molecular formula is C19H35N3O3. The van der Waals surface area contributed by atoms with Crippen LogP contribution in [0.2, 0.25) is 0 Å². The third-order valence-corrected chi connectivity index (χ3v) is 6.11. The van der Waals surface area contributed by atoms with E-state index < -0.39 is 0 Å². The SMILES string of the molecule is CCOC1CC(NC(=NC)NCCCOC2CCOCC2)C12CCC2. The van der Waals surface area contributed by atoms with Crippen LogP contribution in [0.5, 0.6) is 0 Å². The summed E-state index contributed by atoms with van der Waals surface area (Å²) in [5.41, 5.74) is 0.361. The van der Waals surface area contributed by atoms with E-state index >= 15 is 0 Å². The minimum absolute atomic E-state index is 0.361. The molecule has 3 aliphatic rings. The largest absolute Gasteiger partial charge is 0.381 e. The first-order chi connectivity index (χ1) is 12.3. The highest BCUT2D eigenvalue weighted by Crippen LogP contribution is 2.57. The second kappa shape index (κ2) is 9.19. The molecule has 3 fully saturated rings. The van der Waals surface area contributed by atoms with Gasteiger partial charge >= 0.3 is 0 Å². The summed E-state index contributed by atoms with van der Waals surface area (Å²) in [7, 11) is 1.85. The summed E-state index contributed by atoms with van der Waals surface area (Å²) >= 11 is 0. The lowest BCUT2D eigenvalue weighted by Gasteiger charge is -2.61. The maximum absolute atomic E-state index is 5.93. The van der Waals surface area contributed by atoms with Crippen LogP contribution in [-0.4, -0.2) is 64.2 Å². The first-order valence-corrected chi connectivity index (χ1v) is 10.1. The van der Waals surface area contributed by atoms with E-state index in [9.17, 15) is 0 Å². The second-order valence-corrected chi connectivity index (χ2v) is 7.50. The Bertz CT molecular complexity index is 434. The molecule has 2 N–H and O–H groups in total. The van der Waals surface area contributed by atoms with Gasteiger partial charge in [-0.1, -0.05) is 6.42 Å². The number of aliphatic imine (C=N–C) groups is 1. The Balaban J connectivity index is 1.32. The number of nitrogens with one attached hydrogen (secondary N) is 2. The van der Waals surface area contributed by atoms with Crippen molar-refractivity contribution in [1.82, 2.24) is 10.6 Å². The van der Waals surface area contributed by atoms with Gasteiger partial charge in [0.2, 0.25) is 0 Å².